The molecule has 0 spiro atoms. The maximum Gasteiger partial charge on any atom is 1.00 e. The van der Waals surface area contributed by atoms with E-state index >= 15 is 0 Å². The molecule has 0 bridgehead atoms. The van der Waals surface area contributed by atoms with E-state index in [-0.39, 0.29) is 13.8 Å². The zero-order chi connectivity index (χ0) is 7.40. The molecule has 0 saturated carbocycles. The fraction of sp³-hybridized carbons (Fsp3) is 0.250. The standard InChI is InChI=1S/C8H11NO.ClH/c1-10-8-4-2-7(6-9)3-5-8;/h2-5H,6,9H2,1H3;1H. The molecule has 2 nitrogen and oxygen atoms in total. The van der Waals surface area contributed by atoms with Crippen LogP contribution in [-0.2, 0) is 6.54 Å². The van der Waals surface area contributed by atoms with E-state index in [2.05, 4.69) is 0 Å². The Hall–Kier alpha value is -0.730. The van der Waals surface area contributed by atoms with Gasteiger partial charge in [-0.15, -0.1) is 0 Å². The van der Waals surface area contributed by atoms with Crippen LogP contribution in [0.15, 0.2) is 24.3 Å². The van der Waals surface area contributed by atoms with Crippen LogP contribution in [0.2, 0.25) is 0 Å². The van der Waals surface area contributed by atoms with E-state index in [1.807, 2.05) is 24.3 Å². The van der Waals surface area contributed by atoms with Gasteiger partial charge in [-0.3, -0.25) is 0 Å². The van der Waals surface area contributed by atoms with Crippen molar-refractivity contribution in [3.8, 4) is 5.75 Å². The molecule has 1 aromatic carbocycles. The molecule has 11 heavy (non-hydrogen) atoms. The number of nitrogens with two attached hydrogens (primary N) is 1. The first-order chi connectivity index (χ1) is 4.86. The first-order valence-electron chi connectivity index (χ1n) is 3.20. The topological polar surface area (TPSA) is 35.2 Å². The lowest BCUT2D eigenvalue weighted by atomic mass is 10.2. The second-order valence-corrected chi connectivity index (χ2v) is 2.05. The van der Waals surface area contributed by atoms with Gasteiger partial charge in [0, 0.05) is 6.54 Å². The Morgan fingerprint density at radius 2 is 1.91 bits per heavy atom. The summed E-state index contributed by atoms with van der Waals surface area (Å²) in [5.74, 6) is 0.872. The maximum atomic E-state index is 5.40. The summed E-state index contributed by atoms with van der Waals surface area (Å²) in [6.07, 6.45) is 0. The molecule has 3 heteroatoms. The van der Waals surface area contributed by atoms with Crippen LogP contribution in [0.3, 0.4) is 0 Å². The molecule has 0 atom stereocenters. The van der Waals surface area contributed by atoms with E-state index < -0.39 is 0 Å². The smallest absolute Gasteiger partial charge is 1.00 e. The van der Waals surface area contributed by atoms with E-state index in [1.165, 1.54) is 0 Å². The lowest BCUT2D eigenvalue weighted by Crippen LogP contribution is -3.00. The van der Waals surface area contributed by atoms with Gasteiger partial charge in [-0.1, -0.05) is 12.1 Å². The number of ether oxygens (including phenoxy) is 1. The monoisotopic (exact) mass is 173 g/mol. The van der Waals surface area contributed by atoms with Crippen molar-refractivity contribution in [3.05, 3.63) is 29.8 Å². The van der Waals surface area contributed by atoms with E-state index in [1.54, 1.807) is 7.11 Å². The molecule has 0 aromatic heterocycles. The molecule has 0 heterocycles. The average Bonchev–Trinajstić information content (AvgIpc) is 2.05. The number of halogens is 1. The lowest BCUT2D eigenvalue weighted by Gasteiger charge is -1.99. The second kappa shape index (κ2) is 4.99. The Morgan fingerprint density at radius 1 is 1.36 bits per heavy atom. The van der Waals surface area contributed by atoms with Gasteiger partial charge in [0.25, 0.3) is 0 Å². The highest BCUT2D eigenvalue weighted by Crippen LogP contribution is 2.09. The SMILES string of the molecule is COc1ccc(CN)cc1.[Cl-].[H+]. The molecule has 62 valence electrons. The molecular formula is C8H12ClNO. The average molecular weight is 174 g/mol. The quantitative estimate of drug-likeness (QED) is 0.577. The molecule has 1 rings (SSSR count). The molecule has 1 aromatic rings. The van der Waals surface area contributed by atoms with Gasteiger partial charge in [-0.2, -0.15) is 0 Å². The molecule has 0 aliphatic rings. The van der Waals surface area contributed by atoms with Gasteiger partial charge in [-0.05, 0) is 17.7 Å². The fourth-order valence-electron chi connectivity index (χ4n) is 0.762. The van der Waals surface area contributed by atoms with Gasteiger partial charge in [0.1, 0.15) is 5.75 Å². The molecule has 2 N–H and O–H groups in total. The zero-order valence-electron chi connectivity index (χ0n) is 7.38. The predicted molar refractivity (Wildman–Crippen MR) is 42.0 cm³/mol. The number of methoxy groups -OCH3 is 1. The van der Waals surface area contributed by atoms with Crippen molar-refractivity contribution in [1.29, 1.82) is 0 Å². The van der Waals surface area contributed by atoms with Gasteiger partial charge in [0.05, 0.1) is 7.11 Å². The molecule has 0 fully saturated rings. The van der Waals surface area contributed by atoms with E-state index in [9.17, 15) is 0 Å². The summed E-state index contributed by atoms with van der Waals surface area (Å²) in [4.78, 5) is 0. The Bertz CT molecular complexity index is 180. The number of benzene rings is 1. The highest BCUT2D eigenvalue weighted by atomic mass is 35.5. The van der Waals surface area contributed by atoms with Gasteiger partial charge in [0.2, 0.25) is 0 Å². The summed E-state index contributed by atoms with van der Waals surface area (Å²) >= 11 is 0. The van der Waals surface area contributed by atoms with Crippen molar-refractivity contribution in [2.45, 2.75) is 6.54 Å². The lowest BCUT2D eigenvalue weighted by molar-refractivity contribution is -0.00000247. The molecule has 0 saturated heterocycles. The van der Waals surface area contributed by atoms with Crippen molar-refractivity contribution in [2.75, 3.05) is 7.11 Å². The van der Waals surface area contributed by atoms with Crippen molar-refractivity contribution in [2.24, 2.45) is 5.73 Å². The van der Waals surface area contributed by atoms with E-state index in [4.69, 9.17) is 10.5 Å². The highest BCUT2D eigenvalue weighted by molar-refractivity contribution is 5.26. The van der Waals surface area contributed by atoms with Gasteiger partial charge in [-0.25, -0.2) is 0 Å². The Balaban J connectivity index is 0. The van der Waals surface area contributed by atoms with Crippen molar-refractivity contribution in [3.63, 3.8) is 0 Å². The number of hydrogen-bond donors (Lipinski definition) is 1. The van der Waals surface area contributed by atoms with Gasteiger partial charge < -0.3 is 22.9 Å². The van der Waals surface area contributed by atoms with Crippen LogP contribution in [0.1, 0.15) is 6.99 Å². The molecule has 0 unspecified atom stereocenters. The largest absolute Gasteiger partial charge is 1.00 e. The zero-order valence-corrected chi connectivity index (χ0v) is 7.14. The minimum atomic E-state index is 0. The Kier molecular flexibility index (Phi) is 4.66. The third-order valence-corrected chi connectivity index (χ3v) is 1.39. The van der Waals surface area contributed by atoms with Crippen LogP contribution in [0.4, 0.5) is 0 Å². The van der Waals surface area contributed by atoms with Crippen LogP contribution in [0.25, 0.3) is 0 Å². The minimum absolute atomic E-state index is 0. The van der Waals surface area contributed by atoms with Crippen LogP contribution in [0, 0.1) is 0 Å². The first kappa shape index (κ1) is 10.3. The highest BCUT2D eigenvalue weighted by Gasteiger charge is 1.89. The predicted octanol–water partition coefficient (Wildman–Crippen LogP) is -1.73. The molecular weight excluding hydrogens is 162 g/mol. The van der Waals surface area contributed by atoms with Crippen LogP contribution >= 0.6 is 0 Å². The van der Waals surface area contributed by atoms with Crippen LogP contribution in [-0.4, -0.2) is 7.11 Å². The Labute approximate surface area is 74.3 Å². The maximum absolute atomic E-state index is 5.40. The van der Waals surface area contributed by atoms with Crippen LogP contribution < -0.4 is 22.9 Å². The summed E-state index contributed by atoms with van der Waals surface area (Å²) < 4.78 is 4.97. The van der Waals surface area contributed by atoms with E-state index in [0.717, 1.165) is 11.3 Å². The molecule has 0 aliphatic carbocycles. The summed E-state index contributed by atoms with van der Waals surface area (Å²) in [6.45, 7) is 0.587. The summed E-state index contributed by atoms with van der Waals surface area (Å²) in [5, 5.41) is 0. The summed E-state index contributed by atoms with van der Waals surface area (Å²) in [6, 6.07) is 7.72. The van der Waals surface area contributed by atoms with Crippen molar-refractivity contribution in [1.82, 2.24) is 0 Å². The Morgan fingerprint density at radius 3 is 2.27 bits per heavy atom. The van der Waals surface area contributed by atoms with Crippen LogP contribution in [0.5, 0.6) is 5.75 Å². The molecule has 0 radical (unpaired) electrons. The molecule has 0 aliphatic heterocycles. The fourth-order valence-corrected chi connectivity index (χ4v) is 0.762. The van der Waals surface area contributed by atoms with Crippen molar-refractivity contribution < 1.29 is 18.6 Å². The van der Waals surface area contributed by atoms with Crippen molar-refractivity contribution >= 4 is 0 Å². The summed E-state index contributed by atoms with van der Waals surface area (Å²) in [7, 11) is 1.65. The normalized spacial score (nSPS) is 8.55. The van der Waals surface area contributed by atoms with Gasteiger partial charge in [0.15, 0.2) is 0 Å². The third-order valence-electron chi connectivity index (χ3n) is 1.39. The summed E-state index contributed by atoms with van der Waals surface area (Å²) in [5.41, 5.74) is 6.53. The third kappa shape index (κ3) is 2.78. The number of hydrogen-bond acceptors (Lipinski definition) is 2. The molecule has 0 amide bonds. The first-order valence-corrected chi connectivity index (χ1v) is 3.20. The van der Waals surface area contributed by atoms with E-state index in [0.29, 0.717) is 6.54 Å². The van der Waals surface area contributed by atoms with Gasteiger partial charge >= 0.3 is 1.43 Å². The minimum Gasteiger partial charge on any atom is -1.00 e. The second-order valence-electron chi connectivity index (χ2n) is 2.05. The number of rotatable bonds is 2.